The van der Waals surface area contributed by atoms with Crippen LogP contribution in [0, 0.1) is 19.7 Å². The maximum absolute atomic E-state index is 13.3. The molecule has 7 heteroatoms. The zero-order chi connectivity index (χ0) is 20.4. The summed E-state index contributed by atoms with van der Waals surface area (Å²) in [5, 5.41) is 0. The first kappa shape index (κ1) is 22.3. The number of halogens is 3. The number of aromatic nitrogens is 1. The van der Waals surface area contributed by atoms with Crippen molar-refractivity contribution in [3.63, 3.8) is 0 Å². The number of aliphatic imine (C=N–C) groups is 2. The van der Waals surface area contributed by atoms with Gasteiger partial charge in [-0.1, -0.05) is 30.3 Å². The van der Waals surface area contributed by atoms with Crippen LogP contribution < -0.4 is 0 Å². The Morgan fingerprint density at radius 3 is 2.04 bits per heavy atom. The first-order valence-corrected chi connectivity index (χ1v) is 11.3. The van der Waals surface area contributed by atoms with Crippen molar-refractivity contribution in [2.24, 2.45) is 9.98 Å². The summed E-state index contributed by atoms with van der Waals surface area (Å²) in [4.78, 5) is 13.3. The van der Waals surface area contributed by atoms with E-state index in [1.807, 2.05) is 56.3 Å². The molecule has 0 N–H and O–H groups in total. The molecule has 3 aromatic rings. The zero-order valence-corrected chi connectivity index (χ0v) is 17.9. The molecule has 3 rings (SSSR count). The van der Waals surface area contributed by atoms with Gasteiger partial charge in [-0.2, -0.15) is 0 Å². The summed E-state index contributed by atoms with van der Waals surface area (Å²) in [6.45, 7) is 3.91. The number of pyridine rings is 1. The molecule has 0 amide bonds. The fourth-order valence-corrected chi connectivity index (χ4v) is 2.31. The van der Waals surface area contributed by atoms with Crippen molar-refractivity contribution < 1.29 is 17.5 Å². The predicted octanol–water partition coefficient (Wildman–Crippen LogP) is 6.72. The van der Waals surface area contributed by atoms with E-state index in [4.69, 9.17) is 20.2 Å². The summed E-state index contributed by atoms with van der Waals surface area (Å²) in [7, 11) is 9.53. The van der Waals surface area contributed by atoms with Gasteiger partial charge in [-0.15, -0.1) is 0 Å². The molecule has 2 aromatic carbocycles. The molecule has 0 aliphatic carbocycles. The standard InChI is InChI=1S/C21H18FN3.2ClH.Fe/c1-15-6-3-4-9-20(15)23-13-18-7-5-8-19(25-18)14-24-21-12-17(22)11-10-16(21)2;;;/h3-14H,1-2H3;2*1H;/q;;;+2/p-2. The van der Waals surface area contributed by atoms with Gasteiger partial charge in [-0.25, -0.2) is 9.37 Å². The molecule has 0 unspecified atom stereocenters. The number of nitrogens with zero attached hydrogens (tertiary/aromatic N) is 3. The van der Waals surface area contributed by atoms with Gasteiger partial charge < -0.3 is 0 Å². The van der Waals surface area contributed by atoms with Crippen molar-refractivity contribution >= 4 is 44.0 Å². The van der Waals surface area contributed by atoms with Gasteiger partial charge in [0.1, 0.15) is 5.82 Å². The third-order valence-electron chi connectivity index (χ3n) is 3.75. The molecule has 28 heavy (non-hydrogen) atoms. The molecule has 0 fully saturated rings. The molecular formula is C21H18Cl2FFeN3. The molecule has 0 radical (unpaired) electrons. The second-order valence-corrected chi connectivity index (χ2v) is 7.60. The Labute approximate surface area is 179 Å². The molecule has 0 atom stereocenters. The maximum atomic E-state index is 13.3. The summed E-state index contributed by atoms with van der Waals surface area (Å²) >= 11 is 0.194. The van der Waals surface area contributed by atoms with E-state index in [-0.39, 0.29) is 19.0 Å². The van der Waals surface area contributed by atoms with E-state index >= 15 is 0 Å². The van der Waals surface area contributed by atoms with E-state index in [9.17, 15) is 4.39 Å². The number of hydrogen-bond acceptors (Lipinski definition) is 3. The summed E-state index contributed by atoms with van der Waals surface area (Å²) in [6, 6.07) is 18.1. The molecule has 0 aliphatic heterocycles. The number of rotatable bonds is 4. The normalized spacial score (nSPS) is 11.0. The van der Waals surface area contributed by atoms with Crippen LogP contribution in [-0.2, 0) is 13.1 Å². The van der Waals surface area contributed by atoms with Crippen LogP contribution >= 0.6 is 20.2 Å². The molecule has 3 nitrogen and oxygen atoms in total. The Morgan fingerprint density at radius 2 is 1.39 bits per heavy atom. The quantitative estimate of drug-likeness (QED) is 0.316. The van der Waals surface area contributed by atoms with E-state index < -0.39 is 0 Å². The topological polar surface area (TPSA) is 37.6 Å². The Kier molecular flexibility index (Phi) is 9.32. The average Bonchev–Trinajstić information content (AvgIpc) is 2.69. The molecular weight excluding hydrogens is 440 g/mol. The number of para-hydroxylation sites is 1. The summed E-state index contributed by atoms with van der Waals surface area (Å²) in [5.41, 5.74) is 4.97. The number of hydrogen-bond donors (Lipinski definition) is 0. The predicted molar refractivity (Wildman–Crippen MR) is 113 cm³/mol. The first-order valence-electron chi connectivity index (χ1n) is 8.25. The van der Waals surface area contributed by atoms with E-state index in [1.54, 1.807) is 18.5 Å². The van der Waals surface area contributed by atoms with Crippen molar-refractivity contribution in [3.05, 3.63) is 89.0 Å². The van der Waals surface area contributed by atoms with Crippen LogP contribution in [0.2, 0.25) is 0 Å². The third-order valence-corrected chi connectivity index (χ3v) is 3.75. The van der Waals surface area contributed by atoms with Crippen molar-refractivity contribution in [2.75, 3.05) is 0 Å². The summed E-state index contributed by atoms with van der Waals surface area (Å²) in [5.74, 6) is -0.301. The van der Waals surface area contributed by atoms with Gasteiger partial charge in [-0.3, -0.25) is 9.98 Å². The van der Waals surface area contributed by atoms with Gasteiger partial charge in [0.25, 0.3) is 0 Å². The minimum absolute atomic E-state index is 0.194. The summed E-state index contributed by atoms with van der Waals surface area (Å²) < 4.78 is 13.3. The van der Waals surface area contributed by atoms with Crippen LogP contribution in [0.4, 0.5) is 15.8 Å². The van der Waals surface area contributed by atoms with Crippen LogP contribution in [0.3, 0.4) is 0 Å². The van der Waals surface area contributed by atoms with E-state index in [0.29, 0.717) is 11.4 Å². The fraction of sp³-hybridized carbons (Fsp3) is 0.0952. The van der Waals surface area contributed by atoms with Crippen molar-refractivity contribution in [2.45, 2.75) is 13.8 Å². The van der Waals surface area contributed by atoms with Gasteiger partial charge in [0, 0.05) is 0 Å². The van der Waals surface area contributed by atoms with E-state index in [2.05, 4.69) is 15.0 Å². The van der Waals surface area contributed by atoms with Gasteiger partial charge in [0.15, 0.2) is 0 Å². The zero-order valence-electron chi connectivity index (χ0n) is 15.3. The fourth-order valence-electron chi connectivity index (χ4n) is 2.31. The average molecular weight is 458 g/mol. The van der Waals surface area contributed by atoms with Crippen LogP contribution in [0.15, 0.2) is 70.6 Å². The Balaban J connectivity index is 0.000000878. The van der Waals surface area contributed by atoms with Crippen molar-refractivity contribution in [1.82, 2.24) is 4.98 Å². The van der Waals surface area contributed by atoms with Gasteiger partial charge in [0.2, 0.25) is 0 Å². The van der Waals surface area contributed by atoms with Gasteiger partial charge in [0.05, 0.1) is 35.2 Å². The molecule has 1 heterocycles. The van der Waals surface area contributed by atoms with Crippen LogP contribution in [0.25, 0.3) is 0 Å². The molecule has 0 bridgehead atoms. The monoisotopic (exact) mass is 457 g/mol. The van der Waals surface area contributed by atoms with Crippen molar-refractivity contribution in [3.8, 4) is 0 Å². The SMILES string of the molecule is Cc1ccccc1N=Cc1cccc(C=Nc2cc(F)ccc2C)n1.[Cl][Fe][Cl]. The van der Waals surface area contributed by atoms with Crippen LogP contribution in [-0.4, -0.2) is 17.4 Å². The molecule has 0 aliphatic rings. The second-order valence-electron chi connectivity index (χ2n) is 5.77. The third kappa shape index (κ3) is 7.17. The molecule has 1 aromatic heterocycles. The molecule has 146 valence electrons. The molecule has 0 saturated heterocycles. The Hall–Kier alpha value is -2.04. The van der Waals surface area contributed by atoms with E-state index in [0.717, 1.165) is 22.5 Å². The Morgan fingerprint density at radius 1 is 0.821 bits per heavy atom. The summed E-state index contributed by atoms with van der Waals surface area (Å²) in [6.07, 6.45) is 3.36. The minimum atomic E-state index is -0.301. The van der Waals surface area contributed by atoms with E-state index in [1.165, 1.54) is 12.1 Å². The molecule has 0 spiro atoms. The van der Waals surface area contributed by atoms with Crippen LogP contribution in [0.1, 0.15) is 22.5 Å². The first-order chi connectivity index (χ1) is 13.5. The van der Waals surface area contributed by atoms with Gasteiger partial charge in [-0.05, 0) is 55.3 Å². The second kappa shape index (κ2) is 11.7. The molecule has 0 saturated carbocycles. The number of benzene rings is 2. The van der Waals surface area contributed by atoms with Crippen LogP contribution in [0.5, 0.6) is 0 Å². The van der Waals surface area contributed by atoms with Crippen molar-refractivity contribution in [1.29, 1.82) is 0 Å². The number of aryl methyl sites for hydroxylation is 2. The van der Waals surface area contributed by atoms with Gasteiger partial charge >= 0.3 is 33.3 Å². The Bertz CT molecular complexity index is 977.